The van der Waals surface area contributed by atoms with Crippen molar-refractivity contribution in [2.75, 3.05) is 26.2 Å². The molecule has 158 valence electrons. The number of amides is 1. The average Bonchev–Trinajstić information content (AvgIpc) is 2.93. The molecular formula is C20H35N5O2S. The SMILES string of the molecule is CCNC(=NCc1sc(C)nc1C)NCC1CCN(C(=O)OC(C)(C)C)CC1. The summed E-state index contributed by atoms with van der Waals surface area (Å²) in [5.74, 6) is 1.36. The molecule has 0 aliphatic carbocycles. The van der Waals surface area contributed by atoms with Gasteiger partial charge in [0.05, 0.1) is 17.2 Å². The molecule has 2 N–H and O–H groups in total. The molecule has 0 aromatic carbocycles. The molecule has 0 radical (unpaired) electrons. The molecule has 1 aromatic heterocycles. The Morgan fingerprint density at radius 2 is 1.96 bits per heavy atom. The van der Waals surface area contributed by atoms with Gasteiger partial charge in [-0.3, -0.25) is 0 Å². The zero-order valence-electron chi connectivity index (χ0n) is 18.1. The smallest absolute Gasteiger partial charge is 0.410 e. The molecule has 0 bridgehead atoms. The van der Waals surface area contributed by atoms with Crippen molar-refractivity contribution in [1.29, 1.82) is 0 Å². The quantitative estimate of drug-likeness (QED) is 0.575. The maximum Gasteiger partial charge on any atom is 0.410 e. The normalized spacial score (nSPS) is 16.2. The predicted molar refractivity (Wildman–Crippen MR) is 115 cm³/mol. The summed E-state index contributed by atoms with van der Waals surface area (Å²) >= 11 is 1.70. The minimum absolute atomic E-state index is 0.205. The van der Waals surface area contributed by atoms with Crippen LogP contribution in [0.25, 0.3) is 0 Å². The summed E-state index contributed by atoms with van der Waals surface area (Å²) in [4.78, 5) is 24.4. The fourth-order valence-corrected chi connectivity index (χ4v) is 3.96. The Morgan fingerprint density at radius 3 is 2.50 bits per heavy atom. The van der Waals surface area contributed by atoms with Crippen molar-refractivity contribution in [1.82, 2.24) is 20.5 Å². The first kappa shape index (κ1) is 22.5. The van der Waals surface area contributed by atoms with Crippen LogP contribution in [0.3, 0.4) is 0 Å². The number of nitrogens with one attached hydrogen (secondary N) is 2. The molecule has 0 saturated carbocycles. The lowest BCUT2D eigenvalue weighted by molar-refractivity contribution is 0.0185. The number of aliphatic imine (C=N–C) groups is 1. The Hall–Kier alpha value is -1.83. The summed E-state index contributed by atoms with van der Waals surface area (Å²) < 4.78 is 5.47. The van der Waals surface area contributed by atoms with Gasteiger partial charge in [0.15, 0.2) is 5.96 Å². The Bertz CT molecular complexity index is 673. The molecule has 0 spiro atoms. The molecule has 2 heterocycles. The number of guanidine groups is 1. The first-order valence-electron chi connectivity index (χ1n) is 10.1. The number of carbonyl (C=O) groups excluding carboxylic acids is 1. The number of rotatable bonds is 5. The number of hydrogen-bond donors (Lipinski definition) is 2. The van der Waals surface area contributed by atoms with Gasteiger partial charge >= 0.3 is 6.09 Å². The van der Waals surface area contributed by atoms with Gasteiger partial charge in [-0.25, -0.2) is 14.8 Å². The molecule has 0 unspecified atom stereocenters. The van der Waals surface area contributed by atoms with E-state index in [0.29, 0.717) is 12.5 Å². The van der Waals surface area contributed by atoms with Gasteiger partial charge in [0.25, 0.3) is 0 Å². The van der Waals surface area contributed by atoms with E-state index in [9.17, 15) is 4.79 Å². The number of likely N-dealkylation sites (tertiary alicyclic amines) is 1. The predicted octanol–water partition coefficient (Wildman–Crippen LogP) is 3.46. The second kappa shape index (κ2) is 10.1. The van der Waals surface area contributed by atoms with Crippen molar-refractivity contribution in [2.45, 2.75) is 66.5 Å². The first-order valence-corrected chi connectivity index (χ1v) is 10.9. The molecule has 7 nitrogen and oxygen atoms in total. The van der Waals surface area contributed by atoms with Gasteiger partial charge in [0, 0.05) is 31.1 Å². The lowest BCUT2D eigenvalue weighted by Gasteiger charge is -2.33. The number of carbonyl (C=O) groups is 1. The highest BCUT2D eigenvalue weighted by atomic mass is 32.1. The van der Waals surface area contributed by atoms with Gasteiger partial charge in [0.2, 0.25) is 0 Å². The third kappa shape index (κ3) is 7.30. The maximum atomic E-state index is 12.2. The zero-order chi connectivity index (χ0) is 20.7. The number of hydrogen-bond acceptors (Lipinski definition) is 5. The molecule has 0 atom stereocenters. The minimum Gasteiger partial charge on any atom is -0.444 e. The molecule has 1 amide bonds. The number of aryl methyl sites for hydroxylation is 2. The standard InChI is InChI=1S/C20H35N5O2S/c1-7-21-18(23-13-17-14(2)24-15(3)28-17)22-12-16-8-10-25(11-9-16)19(26)27-20(4,5)6/h16H,7-13H2,1-6H3,(H2,21,22,23). The van der Waals surface area contributed by atoms with E-state index in [-0.39, 0.29) is 6.09 Å². The van der Waals surface area contributed by atoms with Gasteiger partial charge in [-0.2, -0.15) is 0 Å². The monoisotopic (exact) mass is 409 g/mol. The average molecular weight is 410 g/mol. The fraction of sp³-hybridized carbons (Fsp3) is 0.750. The maximum absolute atomic E-state index is 12.2. The van der Waals surface area contributed by atoms with Crippen LogP contribution < -0.4 is 10.6 Å². The lowest BCUT2D eigenvalue weighted by atomic mass is 9.97. The van der Waals surface area contributed by atoms with Gasteiger partial charge in [-0.1, -0.05) is 0 Å². The van der Waals surface area contributed by atoms with Gasteiger partial charge in [0.1, 0.15) is 5.60 Å². The van der Waals surface area contributed by atoms with Crippen molar-refractivity contribution in [2.24, 2.45) is 10.9 Å². The number of aromatic nitrogens is 1. The molecule has 28 heavy (non-hydrogen) atoms. The van der Waals surface area contributed by atoms with E-state index in [2.05, 4.69) is 22.5 Å². The summed E-state index contributed by atoms with van der Waals surface area (Å²) in [5.41, 5.74) is 0.624. The van der Waals surface area contributed by atoms with Crippen LogP contribution >= 0.6 is 11.3 Å². The minimum atomic E-state index is -0.443. The Kier molecular flexibility index (Phi) is 8.10. The molecule has 8 heteroatoms. The number of ether oxygens (including phenoxy) is 1. The van der Waals surface area contributed by atoms with E-state index in [1.54, 1.807) is 11.3 Å². The molecule has 1 saturated heterocycles. The van der Waals surface area contributed by atoms with Gasteiger partial charge in [-0.05, 0) is 60.3 Å². The Balaban J connectivity index is 1.80. The second-order valence-electron chi connectivity index (χ2n) is 8.23. The largest absolute Gasteiger partial charge is 0.444 e. The molecule has 1 aliphatic rings. The van der Waals surface area contributed by atoms with Crippen molar-refractivity contribution in [3.63, 3.8) is 0 Å². The van der Waals surface area contributed by atoms with Crippen LogP contribution in [0.5, 0.6) is 0 Å². The Labute approximate surface area is 173 Å². The second-order valence-corrected chi connectivity index (χ2v) is 9.52. The topological polar surface area (TPSA) is 78.9 Å². The van der Waals surface area contributed by atoms with Crippen molar-refractivity contribution in [3.05, 3.63) is 15.6 Å². The zero-order valence-corrected chi connectivity index (χ0v) is 18.9. The van der Waals surface area contributed by atoms with E-state index in [4.69, 9.17) is 9.73 Å². The Morgan fingerprint density at radius 1 is 1.29 bits per heavy atom. The number of piperidine rings is 1. The highest BCUT2D eigenvalue weighted by Crippen LogP contribution is 2.20. The summed E-state index contributed by atoms with van der Waals surface area (Å²) in [6.07, 6.45) is 1.74. The van der Waals surface area contributed by atoms with Crippen LogP contribution in [0.1, 0.15) is 56.1 Å². The van der Waals surface area contributed by atoms with Crippen LogP contribution in [0.15, 0.2) is 4.99 Å². The van der Waals surface area contributed by atoms with Crippen molar-refractivity contribution in [3.8, 4) is 0 Å². The fourth-order valence-electron chi connectivity index (χ4n) is 3.10. The molecule has 2 rings (SSSR count). The van der Waals surface area contributed by atoms with E-state index in [1.165, 1.54) is 4.88 Å². The van der Waals surface area contributed by atoms with Crippen molar-refractivity contribution >= 4 is 23.4 Å². The van der Waals surface area contributed by atoms with Crippen LogP contribution in [-0.4, -0.2) is 53.7 Å². The number of thiazole rings is 1. The summed E-state index contributed by atoms with van der Waals surface area (Å²) in [5, 5.41) is 7.85. The number of nitrogens with zero attached hydrogens (tertiary/aromatic N) is 3. The molecule has 1 aliphatic heterocycles. The van der Waals surface area contributed by atoms with E-state index in [0.717, 1.165) is 55.7 Å². The van der Waals surface area contributed by atoms with Crippen LogP contribution in [0, 0.1) is 19.8 Å². The summed E-state index contributed by atoms with van der Waals surface area (Å²) in [6.45, 7) is 15.6. The van der Waals surface area contributed by atoms with Gasteiger partial charge < -0.3 is 20.3 Å². The highest BCUT2D eigenvalue weighted by Gasteiger charge is 2.26. The molecule has 1 aromatic rings. The van der Waals surface area contributed by atoms with Gasteiger partial charge in [-0.15, -0.1) is 11.3 Å². The first-order chi connectivity index (χ1) is 13.2. The highest BCUT2D eigenvalue weighted by molar-refractivity contribution is 7.11. The lowest BCUT2D eigenvalue weighted by Crippen LogP contribution is -2.45. The molecular weight excluding hydrogens is 374 g/mol. The third-order valence-corrected chi connectivity index (χ3v) is 5.61. The van der Waals surface area contributed by atoms with E-state index < -0.39 is 5.60 Å². The van der Waals surface area contributed by atoms with E-state index >= 15 is 0 Å². The summed E-state index contributed by atoms with van der Waals surface area (Å²) in [6, 6.07) is 0. The third-order valence-electron chi connectivity index (χ3n) is 4.55. The summed E-state index contributed by atoms with van der Waals surface area (Å²) in [7, 11) is 0. The molecule has 1 fully saturated rings. The van der Waals surface area contributed by atoms with Crippen LogP contribution in [0.2, 0.25) is 0 Å². The van der Waals surface area contributed by atoms with Crippen LogP contribution in [-0.2, 0) is 11.3 Å². The van der Waals surface area contributed by atoms with Crippen molar-refractivity contribution < 1.29 is 9.53 Å². The van der Waals surface area contributed by atoms with Crippen LogP contribution in [0.4, 0.5) is 4.79 Å². The van der Waals surface area contributed by atoms with E-state index in [1.807, 2.05) is 39.5 Å².